The fourth-order valence-corrected chi connectivity index (χ4v) is 3.81. The summed E-state index contributed by atoms with van der Waals surface area (Å²) in [4.78, 5) is 12.0. The fraction of sp³-hybridized carbons (Fsp3) is 0.550. The first-order valence-electron chi connectivity index (χ1n) is 8.71. The summed E-state index contributed by atoms with van der Waals surface area (Å²) in [7, 11) is 1.43. The van der Waals surface area contributed by atoms with Gasteiger partial charge in [0.05, 0.1) is 13.7 Å². The number of carbonyl (C=O) groups is 1. The summed E-state index contributed by atoms with van der Waals surface area (Å²) < 4.78 is 10.8. The van der Waals surface area contributed by atoms with Gasteiger partial charge in [0.2, 0.25) is 0 Å². The molecule has 0 spiro atoms. The number of hydrogen-bond donors (Lipinski definition) is 0. The fourth-order valence-electron chi connectivity index (χ4n) is 3.58. The number of carbonyl (C=O) groups excluding carboxylic acids is 1. The van der Waals surface area contributed by atoms with E-state index >= 15 is 0 Å². The van der Waals surface area contributed by atoms with E-state index in [4.69, 9.17) is 9.47 Å². The van der Waals surface area contributed by atoms with Crippen LogP contribution >= 0.6 is 15.9 Å². The van der Waals surface area contributed by atoms with Crippen LogP contribution in [0, 0.1) is 5.92 Å². The summed E-state index contributed by atoms with van der Waals surface area (Å²) in [5.41, 5.74) is 3.29. The van der Waals surface area contributed by atoms with Crippen LogP contribution in [0.3, 0.4) is 0 Å². The van der Waals surface area contributed by atoms with Crippen molar-refractivity contribution >= 4 is 21.9 Å². The lowest BCUT2D eigenvalue weighted by Crippen LogP contribution is -2.26. The normalized spacial score (nSPS) is 19.5. The van der Waals surface area contributed by atoms with Gasteiger partial charge in [0.15, 0.2) is 0 Å². The predicted octanol–water partition coefficient (Wildman–Crippen LogP) is 5.03. The Morgan fingerprint density at radius 3 is 2.88 bits per heavy atom. The number of methoxy groups -OCH3 is 1. The van der Waals surface area contributed by atoms with Crippen molar-refractivity contribution in [3.8, 4) is 5.75 Å². The molecule has 0 aromatic heterocycles. The van der Waals surface area contributed by atoms with Crippen molar-refractivity contribution in [3.63, 3.8) is 0 Å². The van der Waals surface area contributed by atoms with Gasteiger partial charge >= 0.3 is 5.97 Å². The molecule has 1 aromatic rings. The van der Waals surface area contributed by atoms with Crippen LogP contribution in [0.25, 0.3) is 0 Å². The molecule has 0 heterocycles. The Morgan fingerprint density at radius 1 is 1.42 bits per heavy atom. The highest BCUT2D eigenvalue weighted by molar-refractivity contribution is 9.09. The molecule has 0 amide bonds. The predicted molar refractivity (Wildman–Crippen MR) is 101 cm³/mol. The Bertz CT molecular complexity index is 582. The Kier molecular flexibility index (Phi) is 7.35. The summed E-state index contributed by atoms with van der Waals surface area (Å²) >= 11 is 3.42. The topological polar surface area (TPSA) is 35.5 Å². The highest BCUT2D eigenvalue weighted by Crippen LogP contribution is 2.43. The lowest BCUT2D eigenvalue weighted by molar-refractivity contribution is -0.136. The molecule has 3 nitrogen and oxygen atoms in total. The van der Waals surface area contributed by atoms with Crippen LogP contribution in [-0.2, 0) is 16.0 Å². The molecule has 0 saturated carbocycles. The van der Waals surface area contributed by atoms with Crippen LogP contribution in [0.15, 0.2) is 30.4 Å². The first kappa shape index (κ1) is 19.0. The summed E-state index contributed by atoms with van der Waals surface area (Å²) in [6.07, 6.45) is 5.02. The molecule has 0 fully saturated rings. The Balaban J connectivity index is 2.26. The largest absolute Gasteiger partial charge is 0.494 e. The first-order chi connectivity index (χ1) is 11.6. The maximum absolute atomic E-state index is 12.0. The molecule has 0 saturated heterocycles. The molecule has 1 aromatic carbocycles. The van der Waals surface area contributed by atoms with Crippen molar-refractivity contribution < 1.29 is 14.3 Å². The van der Waals surface area contributed by atoms with E-state index in [1.54, 1.807) is 0 Å². The summed E-state index contributed by atoms with van der Waals surface area (Å²) in [5.74, 6) is 1.10. The van der Waals surface area contributed by atoms with Crippen molar-refractivity contribution in [2.75, 3.05) is 19.0 Å². The number of fused-ring (bicyclic) bond motifs is 1. The second-order valence-electron chi connectivity index (χ2n) is 6.31. The molecular formula is C20H27BrO3. The molecule has 0 aliphatic heterocycles. The number of ether oxygens (including phenoxy) is 2. The molecule has 2 rings (SSSR count). The van der Waals surface area contributed by atoms with Gasteiger partial charge in [-0.3, -0.25) is 0 Å². The molecule has 24 heavy (non-hydrogen) atoms. The number of aryl methyl sites for hydroxylation is 1. The zero-order valence-corrected chi connectivity index (χ0v) is 16.2. The second kappa shape index (κ2) is 9.26. The minimum atomic E-state index is -0.283. The van der Waals surface area contributed by atoms with E-state index in [1.165, 1.54) is 18.2 Å². The molecule has 2 unspecified atom stereocenters. The maximum atomic E-state index is 12.0. The van der Waals surface area contributed by atoms with Gasteiger partial charge in [-0.1, -0.05) is 41.9 Å². The number of benzene rings is 1. The smallest absolute Gasteiger partial charge is 0.333 e. The van der Waals surface area contributed by atoms with Gasteiger partial charge in [0.25, 0.3) is 0 Å². The third-order valence-electron chi connectivity index (χ3n) is 4.77. The van der Waals surface area contributed by atoms with E-state index in [0.717, 1.165) is 43.2 Å². The summed E-state index contributed by atoms with van der Waals surface area (Å²) in [6, 6.07) is 6.41. The number of esters is 1. The van der Waals surface area contributed by atoms with Crippen LogP contribution in [0.4, 0.5) is 0 Å². The molecule has 2 atom stereocenters. The quantitative estimate of drug-likeness (QED) is 0.268. The third kappa shape index (κ3) is 4.41. The number of halogens is 1. The number of alkyl halides is 1. The average Bonchev–Trinajstić information content (AvgIpc) is 2.61. The summed E-state index contributed by atoms with van der Waals surface area (Å²) in [6.45, 7) is 6.92. The van der Waals surface area contributed by atoms with Crippen molar-refractivity contribution in [1.82, 2.24) is 0 Å². The van der Waals surface area contributed by atoms with Crippen LogP contribution < -0.4 is 4.74 Å². The lowest BCUT2D eigenvalue weighted by atomic mass is 9.70. The van der Waals surface area contributed by atoms with Gasteiger partial charge in [-0.05, 0) is 60.8 Å². The van der Waals surface area contributed by atoms with E-state index in [0.29, 0.717) is 18.1 Å². The zero-order valence-electron chi connectivity index (χ0n) is 14.6. The van der Waals surface area contributed by atoms with Gasteiger partial charge in [-0.15, -0.1) is 0 Å². The summed E-state index contributed by atoms with van der Waals surface area (Å²) in [5, 5.41) is 0.942. The maximum Gasteiger partial charge on any atom is 0.333 e. The van der Waals surface area contributed by atoms with E-state index in [-0.39, 0.29) is 11.9 Å². The third-order valence-corrected chi connectivity index (χ3v) is 5.33. The minimum absolute atomic E-state index is 0.155. The highest BCUT2D eigenvalue weighted by atomic mass is 79.9. The number of hydrogen-bond acceptors (Lipinski definition) is 3. The van der Waals surface area contributed by atoms with Crippen molar-refractivity contribution in [2.24, 2.45) is 5.92 Å². The van der Waals surface area contributed by atoms with Crippen LogP contribution in [0.5, 0.6) is 5.75 Å². The van der Waals surface area contributed by atoms with Gasteiger partial charge in [0, 0.05) is 10.9 Å². The first-order valence-corrected chi connectivity index (χ1v) is 9.83. The molecule has 0 radical (unpaired) electrons. The Morgan fingerprint density at radius 2 is 2.21 bits per heavy atom. The van der Waals surface area contributed by atoms with Gasteiger partial charge in [-0.25, -0.2) is 4.79 Å². The van der Waals surface area contributed by atoms with Crippen molar-refractivity contribution in [2.45, 2.75) is 44.9 Å². The molecule has 4 heteroatoms. The standard InChI is InChI=1S/C20H27BrO3/c1-4-6-18-17(14(2)20(22)23-3)10-8-15-7-9-16(13-19(15)18)24-12-5-11-21/h7,9,13,17-18H,2,4-6,8,10-12H2,1,3H3. The molecule has 1 aliphatic rings. The Labute approximate surface area is 153 Å². The molecule has 0 bridgehead atoms. The molecular weight excluding hydrogens is 368 g/mol. The average molecular weight is 395 g/mol. The van der Waals surface area contributed by atoms with Crippen LogP contribution in [-0.4, -0.2) is 25.0 Å². The van der Waals surface area contributed by atoms with E-state index < -0.39 is 0 Å². The SMILES string of the molecule is C=C(C(=O)OC)C1CCc2ccc(OCCCBr)cc2C1CCC. The second-order valence-corrected chi connectivity index (χ2v) is 7.10. The minimum Gasteiger partial charge on any atom is -0.494 e. The van der Waals surface area contributed by atoms with E-state index in [2.05, 4.69) is 47.6 Å². The monoisotopic (exact) mass is 394 g/mol. The van der Waals surface area contributed by atoms with Crippen molar-refractivity contribution in [3.05, 3.63) is 41.5 Å². The van der Waals surface area contributed by atoms with E-state index in [9.17, 15) is 4.79 Å². The lowest BCUT2D eigenvalue weighted by Gasteiger charge is -2.34. The van der Waals surface area contributed by atoms with Crippen LogP contribution in [0.2, 0.25) is 0 Å². The van der Waals surface area contributed by atoms with Crippen molar-refractivity contribution in [1.29, 1.82) is 0 Å². The highest BCUT2D eigenvalue weighted by Gasteiger charge is 2.33. The Hall–Kier alpha value is -1.29. The molecule has 1 aliphatic carbocycles. The van der Waals surface area contributed by atoms with Gasteiger partial charge in [-0.2, -0.15) is 0 Å². The number of rotatable bonds is 8. The molecule has 0 N–H and O–H groups in total. The zero-order chi connectivity index (χ0) is 17.5. The van der Waals surface area contributed by atoms with Gasteiger partial charge in [0.1, 0.15) is 5.75 Å². The van der Waals surface area contributed by atoms with E-state index in [1.807, 2.05) is 0 Å². The van der Waals surface area contributed by atoms with Gasteiger partial charge < -0.3 is 9.47 Å². The molecule has 132 valence electrons. The van der Waals surface area contributed by atoms with Crippen LogP contribution in [0.1, 0.15) is 49.7 Å².